The third kappa shape index (κ3) is 4.42. The SMILES string of the molecule is c1cc2cccc3c4cccc5c(-c6ccc7oc8ccc(-c9ccc%10oc%11cccc%12cccc(c%13cccc9c%10%13)c%12%11)c9cccc(c%10cccc6c7%10)c89)ccc(oc(c1)c23)c54. The number of rotatable bonds is 2. The Morgan fingerprint density at radius 3 is 0.698 bits per heavy atom. The van der Waals surface area contributed by atoms with Crippen LogP contribution in [-0.2, 0) is 0 Å². The van der Waals surface area contributed by atoms with Gasteiger partial charge in [0.1, 0.15) is 33.5 Å². The lowest BCUT2D eigenvalue weighted by Crippen LogP contribution is -1.87. The van der Waals surface area contributed by atoms with Gasteiger partial charge in [-0.25, -0.2) is 0 Å². The van der Waals surface area contributed by atoms with Crippen molar-refractivity contribution >= 4 is 130 Å². The molecule has 15 rings (SSSR count). The molecule has 0 fully saturated rings. The standard InChI is InChI=1S/C60H32O3/c1-9-33-11-3-23-49-55(33)43(13-1)45-19-5-15-39-35(25-29-51(61-49)57(39)45)37-27-31-53-59-41(37)17-7-21-47(59)48-22-8-18-42-38(28-32-54(63-53)60(42)48)36-26-30-52-58-40(36)16-6-20-46(58)44-14-2-10-34-12-4-24-50(62-52)56(34)44/h1-32H. The zero-order valence-electron chi connectivity index (χ0n) is 33.7. The molecule has 3 heterocycles. The third-order valence-corrected chi connectivity index (χ3v) is 13.9. The zero-order valence-corrected chi connectivity index (χ0v) is 33.7. The van der Waals surface area contributed by atoms with E-state index < -0.39 is 0 Å². The molecule has 0 aliphatic rings. The van der Waals surface area contributed by atoms with E-state index in [1.165, 1.54) is 32.3 Å². The Labute approximate surface area is 358 Å². The summed E-state index contributed by atoms with van der Waals surface area (Å²) in [6.45, 7) is 0. The second kappa shape index (κ2) is 12.1. The molecule has 0 aliphatic carbocycles. The molecule has 15 aromatic rings. The molecule has 0 saturated carbocycles. The Kier molecular flexibility index (Phi) is 6.41. The van der Waals surface area contributed by atoms with Gasteiger partial charge in [0.05, 0.1) is 0 Å². The molecule has 0 bridgehead atoms. The normalized spacial score (nSPS) is 12.4. The lowest BCUT2D eigenvalue weighted by molar-refractivity contribution is 0.663. The maximum Gasteiger partial charge on any atom is 0.135 e. The highest BCUT2D eigenvalue weighted by Gasteiger charge is 2.21. The minimum absolute atomic E-state index is 0.850. The Bertz CT molecular complexity index is 4200. The first-order chi connectivity index (χ1) is 31.2. The molecule has 0 aliphatic heterocycles. The number of benzene rings is 12. The van der Waals surface area contributed by atoms with Gasteiger partial charge in [-0.05, 0) is 123 Å². The highest BCUT2D eigenvalue weighted by atomic mass is 16.3. The van der Waals surface area contributed by atoms with Gasteiger partial charge < -0.3 is 13.3 Å². The van der Waals surface area contributed by atoms with Crippen molar-refractivity contribution in [1.29, 1.82) is 0 Å². The molecule has 12 aromatic carbocycles. The van der Waals surface area contributed by atoms with E-state index in [0.717, 1.165) is 120 Å². The third-order valence-electron chi connectivity index (χ3n) is 13.9. The number of hydrogen-bond donors (Lipinski definition) is 0. The van der Waals surface area contributed by atoms with Gasteiger partial charge in [-0.3, -0.25) is 0 Å². The first-order valence-corrected chi connectivity index (χ1v) is 21.6. The molecule has 3 nitrogen and oxygen atoms in total. The molecule has 3 heteroatoms. The summed E-state index contributed by atoms with van der Waals surface area (Å²) in [7, 11) is 0. The fourth-order valence-corrected chi connectivity index (χ4v) is 11.3. The van der Waals surface area contributed by atoms with Gasteiger partial charge in [0.25, 0.3) is 0 Å². The van der Waals surface area contributed by atoms with Crippen LogP contribution >= 0.6 is 0 Å². The van der Waals surface area contributed by atoms with E-state index in [9.17, 15) is 0 Å². The van der Waals surface area contributed by atoms with Gasteiger partial charge in [0, 0.05) is 32.3 Å². The summed E-state index contributed by atoms with van der Waals surface area (Å²) in [5.41, 5.74) is 9.84. The van der Waals surface area contributed by atoms with Gasteiger partial charge in [0.15, 0.2) is 0 Å². The fraction of sp³-hybridized carbons (Fsp3) is 0. The maximum absolute atomic E-state index is 7.06. The van der Waals surface area contributed by atoms with E-state index >= 15 is 0 Å². The first-order valence-electron chi connectivity index (χ1n) is 21.6. The van der Waals surface area contributed by atoms with E-state index in [2.05, 4.69) is 194 Å². The lowest BCUT2D eigenvalue weighted by atomic mass is 9.89. The van der Waals surface area contributed by atoms with Crippen LogP contribution in [0, 0.1) is 0 Å². The Hall–Kier alpha value is -8.40. The van der Waals surface area contributed by atoms with Crippen LogP contribution in [0.2, 0.25) is 0 Å². The molecule has 0 amide bonds. The van der Waals surface area contributed by atoms with E-state index in [1.54, 1.807) is 0 Å². The van der Waals surface area contributed by atoms with Crippen LogP contribution in [0.15, 0.2) is 207 Å². The summed E-state index contributed by atoms with van der Waals surface area (Å²) in [5, 5.41) is 20.8. The van der Waals surface area contributed by atoms with Gasteiger partial charge in [-0.1, -0.05) is 158 Å². The molecule has 0 radical (unpaired) electrons. The molecule has 0 N–H and O–H groups in total. The summed E-state index contributed by atoms with van der Waals surface area (Å²) >= 11 is 0. The van der Waals surface area contributed by atoms with Crippen molar-refractivity contribution in [2.75, 3.05) is 0 Å². The molecule has 3 aromatic heterocycles. The van der Waals surface area contributed by atoms with E-state index in [0.29, 0.717) is 0 Å². The molecular weight excluding hydrogens is 769 g/mol. The average Bonchev–Trinajstić information content (AvgIpc) is 3.64. The first kappa shape index (κ1) is 33.3. The summed E-state index contributed by atoms with van der Waals surface area (Å²) in [5.74, 6) is 0. The van der Waals surface area contributed by atoms with E-state index in [4.69, 9.17) is 13.3 Å². The van der Waals surface area contributed by atoms with Crippen molar-refractivity contribution < 1.29 is 13.3 Å². The highest BCUT2D eigenvalue weighted by molar-refractivity contribution is 6.30. The molecule has 0 atom stereocenters. The minimum atomic E-state index is 0.850. The molecule has 290 valence electrons. The molecule has 63 heavy (non-hydrogen) atoms. The smallest absolute Gasteiger partial charge is 0.135 e. The molecule has 0 unspecified atom stereocenters. The van der Waals surface area contributed by atoms with Crippen molar-refractivity contribution in [1.82, 2.24) is 0 Å². The quantitative estimate of drug-likeness (QED) is 0.175. The number of hydrogen-bond acceptors (Lipinski definition) is 3. The van der Waals surface area contributed by atoms with Crippen LogP contribution < -0.4 is 0 Å². The van der Waals surface area contributed by atoms with Crippen LogP contribution in [-0.4, -0.2) is 0 Å². The van der Waals surface area contributed by atoms with Crippen molar-refractivity contribution in [3.63, 3.8) is 0 Å². The predicted molar refractivity (Wildman–Crippen MR) is 264 cm³/mol. The Morgan fingerprint density at radius 2 is 0.397 bits per heavy atom. The summed E-state index contributed by atoms with van der Waals surface area (Å²) in [6, 6.07) is 70.0. The maximum atomic E-state index is 7.06. The fourth-order valence-electron chi connectivity index (χ4n) is 11.3. The molecular formula is C60H32O3. The van der Waals surface area contributed by atoms with Gasteiger partial charge in [0.2, 0.25) is 0 Å². The topological polar surface area (TPSA) is 39.4 Å². The largest absolute Gasteiger partial charge is 0.456 e. The summed E-state index contributed by atoms with van der Waals surface area (Å²) < 4.78 is 20.6. The van der Waals surface area contributed by atoms with Crippen molar-refractivity contribution in [3.05, 3.63) is 194 Å². The van der Waals surface area contributed by atoms with Crippen LogP contribution in [0.4, 0.5) is 0 Å². The van der Waals surface area contributed by atoms with Crippen molar-refractivity contribution in [2.45, 2.75) is 0 Å². The Balaban J connectivity index is 0.995. The van der Waals surface area contributed by atoms with Crippen molar-refractivity contribution in [3.8, 4) is 22.3 Å². The Morgan fingerprint density at radius 1 is 0.175 bits per heavy atom. The zero-order chi connectivity index (χ0) is 40.9. The number of fused-ring (bicyclic) bond motifs is 3. The highest BCUT2D eigenvalue weighted by Crippen LogP contribution is 2.47. The minimum Gasteiger partial charge on any atom is -0.456 e. The van der Waals surface area contributed by atoms with Crippen molar-refractivity contribution in [2.24, 2.45) is 0 Å². The molecule has 0 saturated heterocycles. The van der Waals surface area contributed by atoms with Crippen LogP contribution in [0.1, 0.15) is 0 Å². The van der Waals surface area contributed by atoms with Gasteiger partial charge >= 0.3 is 0 Å². The summed E-state index contributed by atoms with van der Waals surface area (Å²) in [6.07, 6.45) is 0. The lowest BCUT2D eigenvalue weighted by Gasteiger charge is -2.13. The van der Waals surface area contributed by atoms with Crippen LogP contribution in [0.25, 0.3) is 153 Å². The average molecular weight is 801 g/mol. The van der Waals surface area contributed by atoms with E-state index in [1.807, 2.05) is 0 Å². The molecule has 0 spiro atoms. The van der Waals surface area contributed by atoms with Gasteiger partial charge in [-0.2, -0.15) is 0 Å². The van der Waals surface area contributed by atoms with Crippen LogP contribution in [0.5, 0.6) is 0 Å². The predicted octanol–water partition coefficient (Wildman–Crippen LogP) is 17.6. The van der Waals surface area contributed by atoms with Gasteiger partial charge in [-0.15, -0.1) is 0 Å². The van der Waals surface area contributed by atoms with Crippen LogP contribution in [0.3, 0.4) is 0 Å². The monoisotopic (exact) mass is 800 g/mol. The van der Waals surface area contributed by atoms with E-state index in [-0.39, 0.29) is 0 Å². The second-order valence-corrected chi connectivity index (χ2v) is 17.0. The summed E-state index contributed by atoms with van der Waals surface area (Å²) in [4.78, 5) is 0. The second-order valence-electron chi connectivity index (χ2n) is 17.0.